The largest absolute Gasteiger partial charge is 0.355 e. The van der Waals surface area contributed by atoms with Crippen LogP contribution in [0.3, 0.4) is 0 Å². The zero-order valence-corrected chi connectivity index (χ0v) is 9.99. The lowest BCUT2D eigenvalue weighted by Crippen LogP contribution is -1.90. The van der Waals surface area contributed by atoms with Crippen molar-refractivity contribution in [2.24, 2.45) is 0 Å². The molecule has 0 amide bonds. The average molecular weight is 244 g/mol. The number of nitrogens with zero attached hydrogens (tertiary/aromatic N) is 2. The van der Waals surface area contributed by atoms with Crippen molar-refractivity contribution in [2.75, 3.05) is 0 Å². The summed E-state index contributed by atoms with van der Waals surface area (Å²) in [4.78, 5) is 12.0. The van der Waals surface area contributed by atoms with Crippen molar-refractivity contribution in [3.8, 4) is 11.4 Å². The Labute approximate surface area is 103 Å². The van der Waals surface area contributed by atoms with E-state index in [1.165, 1.54) is 0 Å². The van der Waals surface area contributed by atoms with E-state index >= 15 is 0 Å². The van der Waals surface area contributed by atoms with E-state index in [9.17, 15) is 0 Å². The number of rotatable bonds is 1. The summed E-state index contributed by atoms with van der Waals surface area (Å²) in [6, 6.07) is 11.8. The molecule has 0 unspecified atom stereocenters. The number of benzene rings is 1. The molecule has 1 N–H and O–H groups in total. The minimum absolute atomic E-state index is 0.460. The molecular formula is C13H10ClN3. The monoisotopic (exact) mass is 243 g/mol. The second kappa shape index (κ2) is 3.86. The van der Waals surface area contributed by atoms with E-state index in [4.69, 9.17) is 11.6 Å². The third-order valence-corrected chi connectivity index (χ3v) is 2.87. The first-order chi connectivity index (χ1) is 8.24. The minimum Gasteiger partial charge on any atom is -0.355 e. The molecule has 17 heavy (non-hydrogen) atoms. The first kappa shape index (κ1) is 10.3. The normalized spacial score (nSPS) is 10.9. The fraction of sp³-hybridized carbons (Fsp3) is 0.0769. The Balaban J connectivity index is 2.25. The third kappa shape index (κ3) is 1.78. The Morgan fingerprint density at radius 2 is 1.88 bits per heavy atom. The van der Waals surface area contributed by atoms with Crippen LogP contribution in [0.2, 0.25) is 5.15 Å². The summed E-state index contributed by atoms with van der Waals surface area (Å²) < 4.78 is 0. The van der Waals surface area contributed by atoms with Crippen LogP contribution < -0.4 is 0 Å². The predicted octanol–water partition coefficient (Wildman–Crippen LogP) is 3.59. The van der Waals surface area contributed by atoms with Crippen LogP contribution in [-0.2, 0) is 0 Å². The number of aromatic amines is 1. The lowest BCUT2D eigenvalue weighted by atomic mass is 10.2. The Morgan fingerprint density at radius 1 is 1.12 bits per heavy atom. The highest BCUT2D eigenvalue weighted by atomic mass is 35.5. The van der Waals surface area contributed by atoms with Gasteiger partial charge < -0.3 is 4.98 Å². The molecule has 2 heterocycles. The van der Waals surface area contributed by atoms with Crippen molar-refractivity contribution >= 4 is 22.6 Å². The molecular weight excluding hydrogens is 234 g/mol. The highest BCUT2D eigenvalue weighted by Crippen LogP contribution is 2.24. The van der Waals surface area contributed by atoms with E-state index in [0.29, 0.717) is 11.0 Å². The first-order valence-electron chi connectivity index (χ1n) is 5.32. The number of hydrogen-bond donors (Lipinski definition) is 1. The van der Waals surface area contributed by atoms with Gasteiger partial charge in [-0.15, -0.1) is 0 Å². The van der Waals surface area contributed by atoms with Crippen LogP contribution in [-0.4, -0.2) is 15.0 Å². The number of aryl methyl sites for hydroxylation is 1. The van der Waals surface area contributed by atoms with Crippen LogP contribution in [0.5, 0.6) is 0 Å². The smallest absolute Gasteiger partial charge is 0.161 e. The Hall–Kier alpha value is -1.87. The van der Waals surface area contributed by atoms with E-state index in [1.54, 1.807) is 0 Å². The Bertz CT molecular complexity index is 674. The van der Waals surface area contributed by atoms with Crippen molar-refractivity contribution in [3.63, 3.8) is 0 Å². The van der Waals surface area contributed by atoms with Gasteiger partial charge in [-0.2, -0.15) is 0 Å². The van der Waals surface area contributed by atoms with E-state index in [0.717, 1.165) is 22.3 Å². The second-order valence-corrected chi connectivity index (χ2v) is 4.27. The third-order valence-electron chi connectivity index (χ3n) is 2.60. The summed E-state index contributed by atoms with van der Waals surface area (Å²) in [6.45, 7) is 1.97. The SMILES string of the molecule is Cc1cc2nc(-c3ccccc3)nc(Cl)c2[nH]1. The van der Waals surface area contributed by atoms with Gasteiger partial charge in [0.25, 0.3) is 0 Å². The lowest BCUT2D eigenvalue weighted by Gasteiger charge is -2.01. The van der Waals surface area contributed by atoms with E-state index < -0.39 is 0 Å². The fourth-order valence-electron chi connectivity index (χ4n) is 1.82. The number of fused-ring (bicyclic) bond motifs is 1. The number of H-pyrrole nitrogens is 1. The fourth-order valence-corrected chi connectivity index (χ4v) is 2.05. The maximum Gasteiger partial charge on any atom is 0.161 e. The molecule has 0 atom stereocenters. The van der Waals surface area contributed by atoms with Crippen LogP contribution in [0, 0.1) is 6.92 Å². The van der Waals surface area contributed by atoms with Crippen LogP contribution in [0.15, 0.2) is 36.4 Å². The standard InChI is InChI=1S/C13H10ClN3/c1-8-7-10-11(15-8)12(14)17-13(16-10)9-5-3-2-4-6-9/h2-7,15H,1H3. The molecule has 1 aromatic carbocycles. The molecule has 3 nitrogen and oxygen atoms in total. The van der Waals surface area contributed by atoms with Crippen LogP contribution >= 0.6 is 11.6 Å². The molecule has 0 bridgehead atoms. The van der Waals surface area contributed by atoms with Crippen molar-refractivity contribution in [1.29, 1.82) is 0 Å². The van der Waals surface area contributed by atoms with E-state index in [2.05, 4.69) is 15.0 Å². The van der Waals surface area contributed by atoms with Crippen molar-refractivity contribution in [1.82, 2.24) is 15.0 Å². The molecule has 2 aromatic heterocycles. The second-order valence-electron chi connectivity index (χ2n) is 3.92. The van der Waals surface area contributed by atoms with Gasteiger partial charge in [0.05, 0.1) is 5.52 Å². The summed E-state index contributed by atoms with van der Waals surface area (Å²) in [7, 11) is 0. The molecule has 0 aliphatic carbocycles. The Morgan fingerprint density at radius 3 is 2.65 bits per heavy atom. The Kier molecular flexibility index (Phi) is 2.34. The van der Waals surface area contributed by atoms with Gasteiger partial charge in [-0.1, -0.05) is 41.9 Å². The quantitative estimate of drug-likeness (QED) is 0.664. The van der Waals surface area contributed by atoms with Gasteiger partial charge in [0.1, 0.15) is 5.52 Å². The van der Waals surface area contributed by atoms with Gasteiger partial charge >= 0.3 is 0 Å². The average Bonchev–Trinajstić information content (AvgIpc) is 2.71. The number of nitrogens with one attached hydrogen (secondary N) is 1. The molecule has 4 heteroatoms. The van der Waals surface area contributed by atoms with Crippen LogP contribution in [0.25, 0.3) is 22.4 Å². The zero-order valence-electron chi connectivity index (χ0n) is 9.24. The highest BCUT2D eigenvalue weighted by Gasteiger charge is 2.09. The molecule has 0 spiro atoms. The number of aromatic nitrogens is 3. The molecule has 0 aliphatic rings. The van der Waals surface area contributed by atoms with Gasteiger partial charge in [0.15, 0.2) is 11.0 Å². The molecule has 3 aromatic rings. The molecule has 0 radical (unpaired) electrons. The van der Waals surface area contributed by atoms with Crippen molar-refractivity contribution < 1.29 is 0 Å². The first-order valence-corrected chi connectivity index (χ1v) is 5.70. The van der Waals surface area contributed by atoms with E-state index in [1.807, 2.05) is 43.3 Å². The highest BCUT2D eigenvalue weighted by molar-refractivity contribution is 6.33. The van der Waals surface area contributed by atoms with Gasteiger partial charge in [0.2, 0.25) is 0 Å². The van der Waals surface area contributed by atoms with Gasteiger partial charge in [0, 0.05) is 11.3 Å². The molecule has 0 aliphatic heterocycles. The van der Waals surface area contributed by atoms with Gasteiger partial charge in [-0.3, -0.25) is 0 Å². The summed E-state index contributed by atoms with van der Waals surface area (Å²) in [5.41, 5.74) is 3.64. The maximum absolute atomic E-state index is 6.14. The minimum atomic E-state index is 0.460. The molecule has 0 saturated heterocycles. The van der Waals surface area contributed by atoms with Crippen molar-refractivity contribution in [2.45, 2.75) is 6.92 Å². The summed E-state index contributed by atoms with van der Waals surface area (Å²) >= 11 is 6.14. The predicted molar refractivity (Wildman–Crippen MR) is 69.1 cm³/mol. The lowest BCUT2D eigenvalue weighted by molar-refractivity contribution is 1.22. The van der Waals surface area contributed by atoms with Crippen LogP contribution in [0.1, 0.15) is 5.69 Å². The van der Waals surface area contributed by atoms with Gasteiger partial charge in [-0.05, 0) is 13.0 Å². The summed E-state index contributed by atoms with van der Waals surface area (Å²) in [6.07, 6.45) is 0. The van der Waals surface area contributed by atoms with Crippen LogP contribution in [0.4, 0.5) is 0 Å². The molecule has 0 saturated carbocycles. The molecule has 3 rings (SSSR count). The summed E-state index contributed by atoms with van der Waals surface area (Å²) in [5.74, 6) is 0.655. The number of halogens is 1. The van der Waals surface area contributed by atoms with Crippen molar-refractivity contribution in [3.05, 3.63) is 47.2 Å². The maximum atomic E-state index is 6.14. The zero-order chi connectivity index (χ0) is 11.8. The summed E-state index contributed by atoms with van der Waals surface area (Å²) in [5, 5.41) is 0.460. The molecule has 84 valence electrons. The number of hydrogen-bond acceptors (Lipinski definition) is 2. The van der Waals surface area contributed by atoms with Gasteiger partial charge in [-0.25, -0.2) is 9.97 Å². The molecule has 0 fully saturated rings. The van der Waals surface area contributed by atoms with E-state index in [-0.39, 0.29) is 0 Å². The topological polar surface area (TPSA) is 41.6 Å².